The molecule has 0 radical (unpaired) electrons. The lowest BCUT2D eigenvalue weighted by Crippen LogP contribution is -2.49. The number of hydrogen-bond donors (Lipinski definition) is 2. The minimum Gasteiger partial charge on any atom is -0.356 e. The van der Waals surface area contributed by atoms with Crippen molar-refractivity contribution in [2.45, 2.75) is 45.1 Å². The van der Waals surface area contributed by atoms with Crippen LogP contribution >= 0.6 is 24.0 Å². The van der Waals surface area contributed by atoms with E-state index in [0.29, 0.717) is 12.6 Å². The van der Waals surface area contributed by atoms with Crippen molar-refractivity contribution in [3.8, 4) is 0 Å². The molecule has 1 atom stereocenters. The quantitative estimate of drug-likeness (QED) is 0.371. The summed E-state index contributed by atoms with van der Waals surface area (Å²) in [6.07, 6.45) is 3.42. The molecular weight excluding hydrogens is 449 g/mol. The SMILES string of the molecule is CCCN1CCC(NC(=NC)NCC(C)c2ccc(F)c(F)c2)CC1.I. The monoisotopic (exact) mass is 480 g/mol. The maximum atomic E-state index is 13.4. The topological polar surface area (TPSA) is 39.7 Å². The average molecular weight is 480 g/mol. The molecule has 1 heterocycles. The van der Waals surface area contributed by atoms with Gasteiger partial charge in [-0.3, -0.25) is 4.99 Å². The van der Waals surface area contributed by atoms with Gasteiger partial charge < -0.3 is 15.5 Å². The van der Waals surface area contributed by atoms with Crippen molar-refractivity contribution in [2.75, 3.05) is 33.2 Å². The summed E-state index contributed by atoms with van der Waals surface area (Å²) in [5, 5.41) is 6.77. The molecule has 0 aromatic heterocycles. The zero-order valence-electron chi connectivity index (χ0n) is 15.9. The third-order valence-corrected chi connectivity index (χ3v) is 4.78. The van der Waals surface area contributed by atoms with Crippen LogP contribution in [0.1, 0.15) is 44.6 Å². The predicted octanol–water partition coefficient (Wildman–Crippen LogP) is 3.73. The van der Waals surface area contributed by atoms with Gasteiger partial charge in [-0.2, -0.15) is 0 Å². The van der Waals surface area contributed by atoms with Gasteiger partial charge in [0.1, 0.15) is 0 Å². The van der Waals surface area contributed by atoms with Gasteiger partial charge in [-0.25, -0.2) is 8.78 Å². The fourth-order valence-corrected chi connectivity index (χ4v) is 3.19. The lowest BCUT2D eigenvalue weighted by Gasteiger charge is -2.33. The van der Waals surface area contributed by atoms with E-state index in [9.17, 15) is 8.78 Å². The molecule has 0 aliphatic carbocycles. The first-order chi connectivity index (χ1) is 12.0. The van der Waals surface area contributed by atoms with Crippen LogP contribution in [0.5, 0.6) is 0 Å². The summed E-state index contributed by atoms with van der Waals surface area (Å²) >= 11 is 0. The molecule has 7 heteroatoms. The zero-order chi connectivity index (χ0) is 18.2. The van der Waals surface area contributed by atoms with Gasteiger partial charge in [-0.15, -0.1) is 24.0 Å². The van der Waals surface area contributed by atoms with E-state index in [1.165, 1.54) is 25.1 Å². The van der Waals surface area contributed by atoms with E-state index in [1.54, 1.807) is 13.1 Å². The van der Waals surface area contributed by atoms with Gasteiger partial charge in [0.05, 0.1) is 0 Å². The van der Waals surface area contributed by atoms with Gasteiger partial charge in [0.25, 0.3) is 0 Å². The number of nitrogens with one attached hydrogen (secondary N) is 2. The molecule has 4 nitrogen and oxygen atoms in total. The van der Waals surface area contributed by atoms with Crippen molar-refractivity contribution in [2.24, 2.45) is 4.99 Å². The Morgan fingerprint density at radius 3 is 2.54 bits per heavy atom. The Morgan fingerprint density at radius 1 is 1.27 bits per heavy atom. The first kappa shape index (κ1) is 23.1. The molecule has 0 amide bonds. The number of rotatable bonds is 6. The van der Waals surface area contributed by atoms with Crippen molar-refractivity contribution < 1.29 is 8.78 Å². The van der Waals surface area contributed by atoms with Gasteiger partial charge >= 0.3 is 0 Å². The summed E-state index contributed by atoms with van der Waals surface area (Å²) in [5.74, 6) is -0.787. The third kappa shape index (κ3) is 6.98. The number of guanidine groups is 1. The number of aliphatic imine (C=N–C) groups is 1. The Kier molecular flexibility index (Phi) is 10.4. The molecule has 1 fully saturated rings. The van der Waals surface area contributed by atoms with Crippen molar-refractivity contribution in [1.82, 2.24) is 15.5 Å². The van der Waals surface area contributed by atoms with E-state index in [1.807, 2.05) is 6.92 Å². The fraction of sp³-hybridized carbons (Fsp3) is 0.632. The molecule has 0 bridgehead atoms. The number of piperidine rings is 1. The first-order valence-electron chi connectivity index (χ1n) is 9.18. The molecule has 1 saturated heterocycles. The van der Waals surface area contributed by atoms with Crippen LogP contribution in [-0.4, -0.2) is 50.1 Å². The standard InChI is InChI=1S/C19H30F2N4.HI/c1-4-9-25-10-7-16(8-11-25)24-19(22-3)23-13-14(2)15-5-6-17(20)18(21)12-15;/h5-6,12,14,16H,4,7-11,13H2,1-3H3,(H2,22,23,24);1H. The Hall–Kier alpha value is -0.960. The molecule has 2 rings (SSSR count). The van der Waals surface area contributed by atoms with E-state index in [0.717, 1.165) is 37.5 Å². The minimum absolute atomic E-state index is 0. The lowest BCUT2D eigenvalue weighted by molar-refractivity contribution is 0.206. The van der Waals surface area contributed by atoms with Gasteiger partial charge in [0, 0.05) is 32.7 Å². The Balaban J connectivity index is 0.00000338. The fourth-order valence-electron chi connectivity index (χ4n) is 3.19. The molecule has 1 aliphatic heterocycles. The predicted molar refractivity (Wildman–Crippen MR) is 114 cm³/mol. The third-order valence-electron chi connectivity index (χ3n) is 4.78. The largest absolute Gasteiger partial charge is 0.356 e. The maximum absolute atomic E-state index is 13.4. The van der Waals surface area contributed by atoms with Crippen LogP contribution in [0, 0.1) is 11.6 Å². The van der Waals surface area contributed by atoms with Crippen LogP contribution in [0.2, 0.25) is 0 Å². The van der Waals surface area contributed by atoms with Crippen molar-refractivity contribution in [1.29, 1.82) is 0 Å². The van der Waals surface area contributed by atoms with Gasteiger partial charge in [-0.1, -0.05) is 19.9 Å². The van der Waals surface area contributed by atoms with E-state index in [4.69, 9.17) is 0 Å². The van der Waals surface area contributed by atoms with Crippen LogP contribution in [0.15, 0.2) is 23.2 Å². The highest BCUT2D eigenvalue weighted by atomic mass is 127. The van der Waals surface area contributed by atoms with Crippen LogP contribution in [-0.2, 0) is 0 Å². The molecule has 148 valence electrons. The highest BCUT2D eigenvalue weighted by Gasteiger charge is 2.19. The van der Waals surface area contributed by atoms with Gasteiger partial charge in [0.15, 0.2) is 17.6 Å². The number of hydrogen-bond acceptors (Lipinski definition) is 2. The number of likely N-dealkylation sites (tertiary alicyclic amines) is 1. The van der Waals surface area contributed by atoms with E-state index < -0.39 is 11.6 Å². The van der Waals surface area contributed by atoms with Crippen molar-refractivity contribution in [3.63, 3.8) is 0 Å². The van der Waals surface area contributed by atoms with Crippen LogP contribution in [0.25, 0.3) is 0 Å². The normalized spacial score (nSPS) is 17.5. The van der Waals surface area contributed by atoms with Crippen molar-refractivity contribution >= 4 is 29.9 Å². The summed E-state index contributed by atoms with van der Waals surface area (Å²) in [5.41, 5.74) is 0.773. The highest BCUT2D eigenvalue weighted by Crippen LogP contribution is 2.17. The second-order valence-electron chi connectivity index (χ2n) is 6.79. The summed E-state index contributed by atoms with van der Waals surface area (Å²) in [6.45, 7) is 8.22. The molecule has 26 heavy (non-hydrogen) atoms. The zero-order valence-corrected chi connectivity index (χ0v) is 18.2. The molecule has 2 N–H and O–H groups in total. The number of halogens is 3. The summed E-state index contributed by atoms with van der Waals surface area (Å²) in [6, 6.07) is 4.50. The van der Waals surface area contributed by atoms with Gasteiger partial charge in [-0.05, 0) is 49.4 Å². The van der Waals surface area contributed by atoms with Crippen LogP contribution < -0.4 is 10.6 Å². The molecule has 1 unspecified atom stereocenters. The summed E-state index contributed by atoms with van der Waals surface area (Å²) in [7, 11) is 1.75. The van der Waals surface area contributed by atoms with E-state index in [2.05, 4.69) is 27.4 Å². The van der Waals surface area contributed by atoms with E-state index >= 15 is 0 Å². The maximum Gasteiger partial charge on any atom is 0.191 e. The Morgan fingerprint density at radius 2 is 1.96 bits per heavy atom. The molecule has 1 aromatic carbocycles. The molecule has 1 aliphatic rings. The van der Waals surface area contributed by atoms with Gasteiger partial charge in [0.2, 0.25) is 0 Å². The average Bonchev–Trinajstić information content (AvgIpc) is 2.62. The number of nitrogens with zero attached hydrogens (tertiary/aromatic N) is 2. The molecule has 0 spiro atoms. The molecular formula is C19H31F2IN4. The smallest absolute Gasteiger partial charge is 0.191 e. The summed E-state index contributed by atoms with van der Waals surface area (Å²) < 4.78 is 26.4. The first-order valence-corrected chi connectivity index (χ1v) is 9.18. The van der Waals surface area contributed by atoms with Crippen molar-refractivity contribution in [3.05, 3.63) is 35.4 Å². The second kappa shape index (κ2) is 11.7. The molecule has 1 aromatic rings. The van der Waals surface area contributed by atoms with Crippen LogP contribution in [0.4, 0.5) is 8.78 Å². The Labute approximate surface area is 172 Å². The Bertz CT molecular complexity index is 575. The minimum atomic E-state index is -0.809. The van der Waals surface area contributed by atoms with Crippen LogP contribution in [0.3, 0.4) is 0 Å². The highest BCUT2D eigenvalue weighted by molar-refractivity contribution is 14.0. The second-order valence-corrected chi connectivity index (χ2v) is 6.79. The number of benzene rings is 1. The van der Waals surface area contributed by atoms with E-state index in [-0.39, 0.29) is 29.9 Å². The lowest BCUT2D eigenvalue weighted by atomic mass is 10.0. The molecule has 0 saturated carbocycles. The summed E-state index contributed by atoms with van der Waals surface area (Å²) in [4.78, 5) is 6.78.